The second-order valence-electron chi connectivity index (χ2n) is 7.17. The van der Waals surface area contributed by atoms with Crippen LogP contribution in [0.25, 0.3) is 11.0 Å². The molecule has 0 spiro atoms. The van der Waals surface area contributed by atoms with Gasteiger partial charge < -0.3 is 10.3 Å². The standard InChI is InChI=1S/C20H20F2N4O3S/c21-14-5-6-15(22)18(11-14)30(28,29)26-9-7-13(8-10-26)20(27)23-12-19-24-16-3-1-2-4-17(16)25-19/h1-6,11,13H,7-10,12H2,(H,23,27)(H,24,25). The fourth-order valence-electron chi connectivity index (χ4n) is 3.58. The van der Waals surface area contributed by atoms with E-state index >= 15 is 0 Å². The predicted molar refractivity (Wildman–Crippen MR) is 106 cm³/mol. The number of benzene rings is 2. The van der Waals surface area contributed by atoms with Gasteiger partial charge in [0, 0.05) is 19.0 Å². The normalized spacial score (nSPS) is 16.1. The van der Waals surface area contributed by atoms with Crippen molar-refractivity contribution in [2.45, 2.75) is 24.3 Å². The quantitative estimate of drug-likeness (QED) is 0.645. The second kappa shape index (κ2) is 8.11. The van der Waals surface area contributed by atoms with Crippen LogP contribution in [0.2, 0.25) is 0 Å². The Morgan fingerprint density at radius 1 is 1.17 bits per heavy atom. The molecule has 30 heavy (non-hydrogen) atoms. The third-order valence-electron chi connectivity index (χ3n) is 5.20. The molecule has 0 radical (unpaired) electrons. The largest absolute Gasteiger partial charge is 0.349 e. The number of nitrogens with one attached hydrogen (secondary N) is 2. The van der Waals surface area contributed by atoms with Crippen molar-refractivity contribution in [2.75, 3.05) is 13.1 Å². The molecule has 1 saturated heterocycles. The van der Waals surface area contributed by atoms with E-state index in [1.807, 2.05) is 24.3 Å². The van der Waals surface area contributed by atoms with Gasteiger partial charge in [-0.15, -0.1) is 0 Å². The molecule has 0 atom stereocenters. The van der Waals surface area contributed by atoms with Crippen molar-refractivity contribution in [2.24, 2.45) is 5.92 Å². The van der Waals surface area contributed by atoms with E-state index in [1.54, 1.807) is 0 Å². The highest BCUT2D eigenvalue weighted by atomic mass is 32.2. The van der Waals surface area contributed by atoms with Gasteiger partial charge in [-0.2, -0.15) is 4.31 Å². The Balaban J connectivity index is 1.35. The molecule has 2 heterocycles. The van der Waals surface area contributed by atoms with Gasteiger partial charge >= 0.3 is 0 Å². The SMILES string of the molecule is O=C(NCc1nc2ccccc2[nH]1)C1CCN(S(=O)(=O)c2cc(F)ccc2F)CC1. The average molecular weight is 434 g/mol. The van der Waals surface area contributed by atoms with Crippen LogP contribution in [0.1, 0.15) is 18.7 Å². The number of para-hydroxylation sites is 2. The monoisotopic (exact) mass is 434 g/mol. The number of carbonyl (C=O) groups is 1. The molecule has 7 nitrogen and oxygen atoms in total. The highest BCUT2D eigenvalue weighted by molar-refractivity contribution is 7.89. The van der Waals surface area contributed by atoms with Crippen molar-refractivity contribution < 1.29 is 22.0 Å². The third kappa shape index (κ3) is 4.05. The number of carbonyl (C=O) groups excluding carboxylic acids is 1. The number of aromatic amines is 1. The number of halogens is 2. The minimum absolute atomic E-state index is 0.0566. The van der Waals surface area contributed by atoms with Crippen LogP contribution in [0, 0.1) is 17.6 Å². The molecule has 0 saturated carbocycles. The van der Waals surface area contributed by atoms with Gasteiger partial charge in [0.2, 0.25) is 15.9 Å². The lowest BCUT2D eigenvalue weighted by Gasteiger charge is -2.30. The topological polar surface area (TPSA) is 95.2 Å². The van der Waals surface area contributed by atoms with Gasteiger partial charge in [-0.3, -0.25) is 4.79 Å². The summed E-state index contributed by atoms with van der Waals surface area (Å²) in [7, 11) is -4.16. The number of rotatable bonds is 5. The molecule has 1 aliphatic heterocycles. The van der Waals surface area contributed by atoms with Crippen molar-refractivity contribution in [3.63, 3.8) is 0 Å². The molecule has 1 fully saturated rings. The number of nitrogens with zero attached hydrogens (tertiary/aromatic N) is 2. The van der Waals surface area contributed by atoms with Gasteiger partial charge in [-0.25, -0.2) is 22.2 Å². The number of hydrogen-bond acceptors (Lipinski definition) is 4. The lowest BCUT2D eigenvalue weighted by molar-refractivity contribution is -0.126. The lowest BCUT2D eigenvalue weighted by Crippen LogP contribution is -2.43. The Labute approximate surface area is 172 Å². The summed E-state index contributed by atoms with van der Waals surface area (Å²) in [6, 6.07) is 9.87. The van der Waals surface area contributed by atoms with Crippen molar-refractivity contribution in [3.05, 3.63) is 59.9 Å². The molecule has 2 aromatic carbocycles. The zero-order valence-electron chi connectivity index (χ0n) is 15.9. The van der Waals surface area contributed by atoms with E-state index in [0.717, 1.165) is 27.5 Å². The van der Waals surface area contributed by atoms with Crippen molar-refractivity contribution in [1.82, 2.24) is 19.6 Å². The first kappa shape index (κ1) is 20.4. The molecule has 10 heteroatoms. The van der Waals surface area contributed by atoms with Gasteiger partial charge in [-0.05, 0) is 43.2 Å². The van der Waals surface area contributed by atoms with Crippen molar-refractivity contribution in [3.8, 4) is 0 Å². The number of sulfonamides is 1. The number of fused-ring (bicyclic) bond motifs is 1. The maximum atomic E-state index is 13.9. The Kier molecular flexibility index (Phi) is 5.52. The summed E-state index contributed by atoms with van der Waals surface area (Å²) in [6.07, 6.45) is 0.588. The fraction of sp³-hybridized carbons (Fsp3) is 0.300. The van der Waals surface area contributed by atoms with Gasteiger partial charge in [0.15, 0.2) is 0 Å². The molecule has 158 valence electrons. The number of H-pyrrole nitrogens is 1. The molecule has 0 bridgehead atoms. The molecule has 1 aromatic heterocycles. The maximum Gasteiger partial charge on any atom is 0.246 e. The first-order valence-corrected chi connectivity index (χ1v) is 10.9. The van der Waals surface area contributed by atoms with Crippen molar-refractivity contribution >= 4 is 27.0 Å². The average Bonchev–Trinajstić information content (AvgIpc) is 3.17. The van der Waals surface area contributed by atoms with E-state index in [1.165, 1.54) is 0 Å². The van der Waals surface area contributed by atoms with Gasteiger partial charge in [-0.1, -0.05) is 12.1 Å². The number of aromatic nitrogens is 2. The Hall–Kier alpha value is -2.85. The summed E-state index contributed by atoms with van der Waals surface area (Å²) in [4.78, 5) is 19.3. The minimum Gasteiger partial charge on any atom is -0.349 e. The van der Waals surface area contributed by atoms with Crippen molar-refractivity contribution in [1.29, 1.82) is 0 Å². The molecule has 4 rings (SSSR count). The summed E-state index contributed by atoms with van der Waals surface area (Å²) in [5.74, 6) is -1.74. The minimum atomic E-state index is -4.16. The first-order valence-electron chi connectivity index (χ1n) is 9.51. The highest BCUT2D eigenvalue weighted by Gasteiger charge is 2.33. The van der Waals surface area contributed by atoms with E-state index < -0.39 is 26.6 Å². The number of imidazole rings is 1. The van der Waals surface area contributed by atoms with E-state index in [2.05, 4.69) is 15.3 Å². The van der Waals surface area contributed by atoms with Crippen LogP contribution in [-0.4, -0.2) is 41.7 Å². The Morgan fingerprint density at radius 2 is 1.90 bits per heavy atom. The molecule has 0 aliphatic carbocycles. The van der Waals surface area contributed by atoms with Crippen LogP contribution < -0.4 is 5.32 Å². The molecule has 3 aromatic rings. The van der Waals surface area contributed by atoms with Gasteiger partial charge in [0.1, 0.15) is 22.4 Å². The third-order valence-corrected chi connectivity index (χ3v) is 7.12. The summed E-state index contributed by atoms with van der Waals surface area (Å²) in [5.41, 5.74) is 1.69. The van der Waals surface area contributed by atoms with Gasteiger partial charge in [0.05, 0.1) is 17.6 Å². The van der Waals surface area contributed by atoms with Crippen LogP contribution >= 0.6 is 0 Å². The lowest BCUT2D eigenvalue weighted by atomic mass is 9.97. The first-order chi connectivity index (χ1) is 14.3. The Bertz CT molecular complexity index is 1150. The van der Waals surface area contributed by atoms with E-state index in [-0.39, 0.29) is 31.5 Å². The molecule has 2 N–H and O–H groups in total. The fourth-order valence-corrected chi connectivity index (χ4v) is 5.12. The van der Waals surface area contributed by atoms with Crippen LogP contribution in [0.5, 0.6) is 0 Å². The number of hydrogen-bond donors (Lipinski definition) is 2. The smallest absolute Gasteiger partial charge is 0.246 e. The molecule has 1 aliphatic rings. The van der Waals surface area contributed by atoms with Crippen LogP contribution in [0.15, 0.2) is 47.4 Å². The summed E-state index contributed by atoms with van der Waals surface area (Å²) in [5, 5.41) is 2.82. The van der Waals surface area contributed by atoms with E-state index in [4.69, 9.17) is 0 Å². The summed E-state index contributed by atoms with van der Waals surface area (Å²) in [6.45, 7) is 0.350. The Morgan fingerprint density at radius 3 is 2.63 bits per heavy atom. The predicted octanol–water partition coefficient (Wildman–Crippen LogP) is 2.56. The van der Waals surface area contributed by atoms with Gasteiger partial charge in [0.25, 0.3) is 0 Å². The van der Waals surface area contributed by atoms with E-state index in [0.29, 0.717) is 24.7 Å². The number of amides is 1. The van der Waals surface area contributed by atoms with E-state index in [9.17, 15) is 22.0 Å². The maximum absolute atomic E-state index is 13.9. The van der Waals surface area contributed by atoms with Crippen LogP contribution in [-0.2, 0) is 21.4 Å². The molecule has 1 amide bonds. The molecule has 0 unspecified atom stereocenters. The highest BCUT2D eigenvalue weighted by Crippen LogP contribution is 2.26. The zero-order chi connectivity index (χ0) is 21.3. The summed E-state index contributed by atoms with van der Waals surface area (Å²) >= 11 is 0. The number of piperidine rings is 1. The summed E-state index contributed by atoms with van der Waals surface area (Å²) < 4.78 is 53.7. The van der Waals surface area contributed by atoms with Crippen LogP contribution in [0.4, 0.5) is 8.78 Å². The second-order valence-corrected chi connectivity index (χ2v) is 9.08. The van der Waals surface area contributed by atoms with Crippen LogP contribution in [0.3, 0.4) is 0 Å². The molecular weight excluding hydrogens is 414 g/mol. The molecular formula is C20H20F2N4O3S. The zero-order valence-corrected chi connectivity index (χ0v) is 16.8.